The van der Waals surface area contributed by atoms with Gasteiger partial charge in [-0.25, -0.2) is 4.79 Å². The number of hydrogen-bond donors (Lipinski definition) is 3. The molecule has 0 heterocycles. The van der Waals surface area contributed by atoms with Crippen LogP contribution in [0.5, 0.6) is 0 Å². The number of carbonyl (C=O) groups excluding carboxylic acids is 1. The van der Waals surface area contributed by atoms with E-state index in [0.29, 0.717) is 25.6 Å². The maximum atomic E-state index is 11.6. The lowest BCUT2D eigenvalue weighted by Crippen LogP contribution is -2.42. The van der Waals surface area contributed by atoms with Crippen molar-refractivity contribution in [3.05, 3.63) is 29.3 Å². The van der Waals surface area contributed by atoms with Crippen molar-refractivity contribution >= 4 is 41.7 Å². The van der Waals surface area contributed by atoms with Gasteiger partial charge >= 0.3 is 6.09 Å². The number of hydrogen-bond acceptors (Lipinski definition) is 4. The molecule has 7 nitrogen and oxygen atoms in total. The van der Waals surface area contributed by atoms with Crippen LogP contribution in [0.15, 0.2) is 23.2 Å². The van der Waals surface area contributed by atoms with Crippen molar-refractivity contribution in [1.82, 2.24) is 16.0 Å². The van der Waals surface area contributed by atoms with Gasteiger partial charge in [0.05, 0.1) is 0 Å². The molecule has 0 aliphatic heterocycles. The van der Waals surface area contributed by atoms with Crippen LogP contribution in [0.4, 0.5) is 10.5 Å². The first kappa shape index (κ1) is 25.3. The number of nitrogens with one attached hydrogen (secondary N) is 3. The van der Waals surface area contributed by atoms with Crippen LogP contribution >= 0.6 is 24.0 Å². The number of aliphatic imine (C=N–C) groups is 1. The summed E-state index contributed by atoms with van der Waals surface area (Å²) in [6.07, 6.45) is -0.418. The Balaban J connectivity index is 0.00000676. The van der Waals surface area contributed by atoms with E-state index in [4.69, 9.17) is 4.74 Å². The van der Waals surface area contributed by atoms with E-state index in [9.17, 15) is 4.79 Å². The van der Waals surface area contributed by atoms with Gasteiger partial charge in [-0.15, -0.1) is 24.0 Å². The summed E-state index contributed by atoms with van der Waals surface area (Å²) in [5.41, 5.74) is 3.13. The van der Waals surface area contributed by atoms with Crippen molar-refractivity contribution in [3.8, 4) is 0 Å². The van der Waals surface area contributed by atoms with Crippen LogP contribution in [0.2, 0.25) is 0 Å². The Morgan fingerprint density at radius 2 is 1.78 bits per heavy atom. The van der Waals surface area contributed by atoms with Gasteiger partial charge in [0.1, 0.15) is 5.60 Å². The molecule has 0 aliphatic rings. The number of alkyl carbamates (subject to hydrolysis) is 1. The zero-order valence-corrected chi connectivity index (χ0v) is 19.8. The standard InChI is InChI=1S/C19H33N5O2.HI/c1-14-12-16(24(6)7)9-8-15(14)13-23-17(20-5)21-10-11-22-18(25)26-19(2,3)4;/h8-9,12H,10-11,13H2,1-7H3,(H,22,25)(H2,20,21,23);1H. The van der Waals surface area contributed by atoms with Crippen LogP contribution < -0.4 is 20.9 Å². The molecule has 0 unspecified atom stereocenters. The molecule has 27 heavy (non-hydrogen) atoms. The summed E-state index contributed by atoms with van der Waals surface area (Å²) in [6, 6.07) is 6.39. The van der Waals surface area contributed by atoms with E-state index in [1.807, 2.05) is 34.9 Å². The highest BCUT2D eigenvalue weighted by Crippen LogP contribution is 2.17. The number of benzene rings is 1. The SMILES string of the molecule is CN=C(NCCNC(=O)OC(C)(C)C)NCc1ccc(N(C)C)cc1C.I. The van der Waals surface area contributed by atoms with Crippen molar-refractivity contribution in [3.63, 3.8) is 0 Å². The maximum absolute atomic E-state index is 11.6. The molecule has 0 bridgehead atoms. The molecule has 0 aromatic heterocycles. The largest absolute Gasteiger partial charge is 0.444 e. The summed E-state index contributed by atoms with van der Waals surface area (Å²) < 4.78 is 5.19. The molecule has 0 aliphatic carbocycles. The molecule has 1 rings (SSSR count). The second kappa shape index (κ2) is 11.9. The number of aryl methyl sites for hydroxylation is 1. The van der Waals surface area contributed by atoms with Gasteiger partial charge in [-0.3, -0.25) is 4.99 Å². The highest BCUT2D eigenvalue weighted by molar-refractivity contribution is 14.0. The van der Waals surface area contributed by atoms with Crippen LogP contribution in [0.25, 0.3) is 0 Å². The predicted molar refractivity (Wildman–Crippen MR) is 123 cm³/mol. The van der Waals surface area contributed by atoms with Crippen molar-refractivity contribution in [2.45, 2.75) is 39.8 Å². The molecule has 1 amide bonds. The zero-order chi connectivity index (χ0) is 19.7. The molecule has 0 radical (unpaired) electrons. The average Bonchev–Trinajstić information content (AvgIpc) is 2.53. The normalized spacial score (nSPS) is 11.3. The fourth-order valence-electron chi connectivity index (χ4n) is 2.22. The highest BCUT2D eigenvalue weighted by Gasteiger charge is 2.15. The van der Waals surface area contributed by atoms with E-state index in [1.165, 1.54) is 16.8 Å². The fourth-order valence-corrected chi connectivity index (χ4v) is 2.22. The minimum atomic E-state index is -0.491. The molecule has 1 aromatic rings. The summed E-state index contributed by atoms with van der Waals surface area (Å²) in [5.74, 6) is 0.687. The minimum Gasteiger partial charge on any atom is -0.444 e. The van der Waals surface area contributed by atoms with Gasteiger partial charge < -0.3 is 25.6 Å². The van der Waals surface area contributed by atoms with Gasteiger partial charge in [-0.1, -0.05) is 6.07 Å². The monoisotopic (exact) mass is 491 g/mol. The molecule has 0 saturated heterocycles. The quantitative estimate of drug-likeness (QED) is 0.247. The lowest BCUT2D eigenvalue weighted by molar-refractivity contribution is 0.0529. The predicted octanol–water partition coefficient (Wildman–Crippen LogP) is 2.87. The summed E-state index contributed by atoms with van der Waals surface area (Å²) >= 11 is 0. The third kappa shape index (κ3) is 10.3. The maximum Gasteiger partial charge on any atom is 0.407 e. The summed E-state index contributed by atoms with van der Waals surface area (Å²) in [6.45, 7) is 9.30. The highest BCUT2D eigenvalue weighted by atomic mass is 127. The number of carbonyl (C=O) groups is 1. The van der Waals surface area contributed by atoms with Gasteiger partial charge in [-0.05, 0) is 51.0 Å². The molecular formula is C19H34IN5O2. The Kier molecular flexibility index (Phi) is 11.1. The number of anilines is 1. The lowest BCUT2D eigenvalue weighted by atomic mass is 10.1. The minimum absolute atomic E-state index is 0. The number of halogens is 1. The Hall–Kier alpha value is -1.71. The van der Waals surface area contributed by atoms with E-state index in [1.54, 1.807) is 7.05 Å². The van der Waals surface area contributed by atoms with Crippen molar-refractivity contribution in [2.75, 3.05) is 39.1 Å². The topological polar surface area (TPSA) is 78.0 Å². The molecule has 0 fully saturated rings. The van der Waals surface area contributed by atoms with Crippen molar-refractivity contribution in [1.29, 1.82) is 0 Å². The number of rotatable bonds is 6. The van der Waals surface area contributed by atoms with E-state index in [2.05, 4.69) is 51.0 Å². The molecule has 3 N–H and O–H groups in total. The molecular weight excluding hydrogens is 457 g/mol. The molecule has 0 spiro atoms. The second-order valence-electron chi connectivity index (χ2n) is 7.29. The van der Waals surface area contributed by atoms with E-state index < -0.39 is 11.7 Å². The summed E-state index contributed by atoms with van der Waals surface area (Å²) in [5, 5.41) is 9.16. The Morgan fingerprint density at radius 1 is 1.15 bits per heavy atom. The van der Waals surface area contributed by atoms with Gasteiger partial charge in [0, 0.05) is 46.5 Å². The molecule has 8 heteroatoms. The number of amides is 1. The molecule has 0 atom stereocenters. The van der Waals surface area contributed by atoms with Crippen molar-refractivity contribution < 1.29 is 9.53 Å². The first-order valence-electron chi connectivity index (χ1n) is 8.80. The number of guanidine groups is 1. The summed E-state index contributed by atoms with van der Waals surface area (Å²) in [4.78, 5) is 17.9. The van der Waals surface area contributed by atoms with Crippen molar-refractivity contribution in [2.24, 2.45) is 4.99 Å². The second-order valence-corrected chi connectivity index (χ2v) is 7.29. The van der Waals surface area contributed by atoms with Crippen LogP contribution in [-0.2, 0) is 11.3 Å². The van der Waals surface area contributed by atoms with Gasteiger partial charge in [0.2, 0.25) is 0 Å². The Bertz CT molecular complexity index is 627. The fraction of sp³-hybridized carbons (Fsp3) is 0.579. The molecule has 154 valence electrons. The molecule has 0 saturated carbocycles. The first-order chi connectivity index (χ1) is 12.1. The average molecular weight is 491 g/mol. The van der Waals surface area contributed by atoms with Gasteiger partial charge in [0.15, 0.2) is 5.96 Å². The van der Waals surface area contributed by atoms with E-state index >= 15 is 0 Å². The Morgan fingerprint density at radius 3 is 2.30 bits per heavy atom. The number of nitrogens with zero attached hydrogens (tertiary/aromatic N) is 2. The van der Waals surface area contributed by atoms with Crippen LogP contribution in [-0.4, -0.2) is 51.9 Å². The third-order valence-corrected chi connectivity index (χ3v) is 3.60. The van der Waals surface area contributed by atoms with Gasteiger partial charge in [0.25, 0.3) is 0 Å². The number of ether oxygens (including phenoxy) is 1. The Labute approximate surface area is 180 Å². The van der Waals surface area contributed by atoms with E-state index in [0.717, 1.165) is 0 Å². The zero-order valence-electron chi connectivity index (χ0n) is 17.5. The third-order valence-electron chi connectivity index (χ3n) is 3.60. The smallest absolute Gasteiger partial charge is 0.407 e. The van der Waals surface area contributed by atoms with Crippen LogP contribution in [0, 0.1) is 6.92 Å². The van der Waals surface area contributed by atoms with Crippen LogP contribution in [0.3, 0.4) is 0 Å². The van der Waals surface area contributed by atoms with Gasteiger partial charge in [-0.2, -0.15) is 0 Å². The molecule has 1 aromatic carbocycles. The summed E-state index contributed by atoms with van der Waals surface area (Å²) in [7, 11) is 5.78. The van der Waals surface area contributed by atoms with Crippen LogP contribution in [0.1, 0.15) is 31.9 Å². The lowest BCUT2D eigenvalue weighted by Gasteiger charge is -2.20. The van der Waals surface area contributed by atoms with E-state index in [-0.39, 0.29) is 24.0 Å². The first-order valence-corrected chi connectivity index (χ1v) is 8.80.